The predicted molar refractivity (Wildman–Crippen MR) is 133 cm³/mol. The van der Waals surface area contributed by atoms with Crippen LogP contribution in [0.1, 0.15) is 22.8 Å². The number of anilines is 1. The Morgan fingerprint density at radius 3 is 2.31 bits per heavy atom. The number of ether oxygens (including phenoxy) is 4. The topological polar surface area (TPSA) is 107 Å². The minimum Gasteiger partial charge on any atom is -0.493 e. The van der Waals surface area contributed by atoms with Crippen LogP contribution in [0.2, 0.25) is 0 Å². The quantitative estimate of drug-likeness (QED) is 0.321. The molecule has 2 amide bonds. The summed E-state index contributed by atoms with van der Waals surface area (Å²) in [6.07, 6.45) is 1.48. The maximum absolute atomic E-state index is 12.4. The Balaban J connectivity index is 1.61. The number of hydrogen-bond donors (Lipinski definition) is 2. The SMILES string of the molecule is CCOc1cc(/C=N\NC(=O)c2ccc(OC)c(OC)c2)ccc1OCC(=O)Nc1ccccc1. The van der Waals surface area contributed by atoms with Crippen LogP contribution in [0, 0.1) is 0 Å². The number of carbonyl (C=O) groups excluding carboxylic acids is 2. The summed E-state index contributed by atoms with van der Waals surface area (Å²) in [5.74, 6) is 1.14. The van der Waals surface area contributed by atoms with Crippen LogP contribution in [-0.4, -0.2) is 45.5 Å². The molecule has 0 spiro atoms. The number of rotatable bonds is 11. The van der Waals surface area contributed by atoms with E-state index in [9.17, 15) is 9.59 Å². The van der Waals surface area contributed by atoms with Gasteiger partial charge in [-0.1, -0.05) is 18.2 Å². The van der Waals surface area contributed by atoms with Crippen LogP contribution in [0.4, 0.5) is 5.69 Å². The van der Waals surface area contributed by atoms with Crippen LogP contribution >= 0.6 is 0 Å². The molecular formula is C26H27N3O6. The van der Waals surface area contributed by atoms with E-state index in [2.05, 4.69) is 15.8 Å². The fourth-order valence-corrected chi connectivity index (χ4v) is 3.06. The lowest BCUT2D eigenvalue weighted by molar-refractivity contribution is -0.118. The molecule has 3 aromatic carbocycles. The van der Waals surface area contributed by atoms with Crippen molar-refractivity contribution in [2.24, 2.45) is 5.10 Å². The molecule has 0 atom stereocenters. The van der Waals surface area contributed by atoms with Crippen molar-refractivity contribution in [3.05, 3.63) is 77.9 Å². The van der Waals surface area contributed by atoms with Crippen LogP contribution in [0.3, 0.4) is 0 Å². The molecule has 0 fully saturated rings. The Morgan fingerprint density at radius 2 is 1.60 bits per heavy atom. The molecular weight excluding hydrogens is 450 g/mol. The number of hydrogen-bond acceptors (Lipinski definition) is 7. The summed E-state index contributed by atoms with van der Waals surface area (Å²) < 4.78 is 21.7. The Kier molecular flexibility index (Phi) is 9.07. The van der Waals surface area contributed by atoms with E-state index in [0.29, 0.717) is 46.4 Å². The van der Waals surface area contributed by atoms with Gasteiger partial charge in [0.05, 0.1) is 27.0 Å². The maximum atomic E-state index is 12.4. The first kappa shape index (κ1) is 25.1. The average molecular weight is 478 g/mol. The van der Waals surface area contributed by atoms with Crippen LogP contribution in [0.25, 0.3) is 0 Å². The van der Waals surface area contributed by atoms with Gasteiger partial charge in [0.15, 0.2) is 29.6 Å². The number of benzene rings is 3. The van der Waals surface area contributed by atoms with Gasteiger partial charge in [-0.05, 0) is 61.0 Å². The van der Waals surface area contributed by atoms with Gasteiger partial charge >= 0.3 is 0 Å². The summed E-state index contributed by atoms with van der Waals surface area (Å²) in [6, 6.07) is 19.1. The Bertz CT molecular complexity index is 1180. The van der Waals surface area contributed by atoms with Crippen molar-refractivity contribution >= 4 is 23.7 Å². The molecule has 0 saturated carbocycles. The largest absolute Gasteiger partial charge is 0.493 e. The smallest absolute Gasteiger partial charge is 0.271 e. The van der Waals surface area contributed by atoms with E-state index in [1.807, 2.05) is 25.1 Å². The minimum absolute atomic E-state index is 0.177. The molecule has 9 nitrogen and oxygen atoms in total. The highest BCUT2D eigenvalue weighted by atomic mass is 16.5. The van der Waals surface area contributed by atoms with Crippen molar-refractivity contribution in [2.45, 2.75) is 6.92 Å². The standard InChI is InChI=1S/C26H27N3O6/c1-4-34-24-14-18(10-12-22(24)35-17-25(30)28-20-8-6-5-7-9-20)16-27-29-26(31)19-11-13-21(32-2)23(15-19)33-3/h5-16H,4,17H2,1-3H3,(H,28,30)(H,29,31)/b27-16-. The van der Waals surface area contributed by atoms with Gasteiger partial charge in [-0.3, -0.25) is 9.59 Å². The van der Waals surface area contributed by atoms with Crippen LogP contribution in [-0.2, 0) is 4.79 Å². The Labute approximate surface area is 203 Å². The van der Waals surface area contributed by atoms with E-state index in [4.69, 9.17) is 18.9 Å². The Hall–Kier alpha value is -4.53. The third-order valence-electron chi connectivity index (χ3n) is 4.71. The molecule has 0 unspecified atom stereocenters. The van der Waals surface area contributed by atoms with Crippen molar-refractivity contribution in [3.63, 3.8) is 0 Å². The number of hydrazone groups is 1. The lowest BCUT2D eigenvalue weighted by Gasteiger charge is -2.12. The average Bonchev–Trinajstić information content (AvgIpc) is 2.88. The van der Waals surface area contributed by atoms with Crippen molar-refractivity contribution in [2.75, 3.05) is 32.8 Å². The highest BCUT2D eigenvalue weighted by Crippen LogP contribution is 2.29. The molecule has 182 valence electrons. The normalized spacial score (nSPS) is 10.5. The molecule has 3 aromatic rings. The van der Waals surface area contributed by atoms with Gasteiger partial charge < -0.3 is 24.3 Å². The summed E-state index contributed by atoms with van der Waals surface area (Å²) in [4.78, 5) is 24.6. The number of carbonyl (C=O) groups is 2. The van der Waals surface area contributed by atoms with Gasteiger partial charge in [-0.25, -0.2) is 5.43 Å². The third-order valence-corrected chi connectivity index (χ3v) is 4.71. The second-order valence-electron chi connectivity index (χ2n) is 7.11. The molecule has 0 aliphatic carbocycles. The summed E-state index contributed by atoms with van der Waals surface area (Å²) in [7, 11) is 3.02. The van der Waals surface area contributed by atoms with Gasteiger partial charge in [0.1, 0.15) is 0 Å². The predicted octanol–water partition coefficient (Wildman–Crippen LogP) is 3.88. The molecule has 0 heterocycles. The molecule has 0 aromatic heterocycles. The van der Waals surface area contributed by atoms with E-state index >= 15 is 0 Å². The van der Waals surface area contributed by atoms with Gasteiger partial charge in [-0.15, -0.1) is 0 Å². The minimum atomic E-state index is -0.406. The highest BCUT2D eigenvalue weighted by molar-refractivity contribution is 5.95. The molecule has 0 radical (unpaired) electrons. The molecule has 35 heavy (non-hydrogen) atoms. The fraction of sp³-hybridized carbons (Fsp3) is 0.192. The molecule has 9 heteroatoms. The molecule has 0 aliphatic heterocycles. The van der Waals surface area contributed by atoms with Crippen molar-refractivity contribution < 1.29 is 28.5 Å². The van der Waals surface area contributed by atoms with E-state index in [0.717, 1.165) is 0 Å². The zero-order valence-electron chi connectivity index (χ0n) is 19.7. The monoisotopic (exact) mass is 477 g/mol. The number of para-hydroxylation sites is 1. The third kappa shape index (κ3) is 7.23. The number of amides is 2. The maximum Gasteiger partial charge on any atom is 0.271 e. The zero-order valence-corrected chi connectivity index (χ0v) is 19.7. The second-order valence-corrected chi connectivity index (χ2v) is 7.11. The number of nitrogens with zero attached hydrogens (tertiary/aromatic N) is 1. The van der Waals surface area contributed by atoms with Crippen LogP contribution in [0.15, 0.2) is 71.8 Å². The lowest BCUT2D eigenvalue weighted by Crippen LogP contribution is -2.20. The summed E-state index contributed by atoms with van der Waals surface area (Å²) in [6.45, 7) is 2.07. The molecule has 2 N–H and O–H groups in total. The van der Waals surface area contributed by atoms with Crippen LogP contribution < -0.4 is 29.7 Å². The van der Waals surface area contributed by atoms with Gasteiger partial charge in [0, 0.05) is 11.3 Å². The van der Waals surface area contributed by atoms with Gasteiger partial charge in [-0.2, -0.15) is 5.10 Å². The molecule has 0 bridgehead atoms. The number of nitrogens with one attached hydrogen (secondary N) is 2. The fourth-order valence-electron chi connectivity index (χ4n) is 3.06. The Morgan fingerprint density at radius 1 is 0.857 bits per heavy atom. The van der Waals surface area contributed by atoms with E-state index in [1.165, 1.54) is 20.4 Å². The van der Waals surface area contributed by atoms with E-state index < -0.39 is 5.91 Å². The summed E-state index contributed by atoms with van der Waals surface area (Å²) in [5.41, 5.74) is 4.20. The van der Waals surface area contributed by atoms with Crippen molar-refractivity contribution in [3.8, 4) is 23.0 Å². The number of methoxy groups -OCH3 is 2. The molecule has 0 aliphatic rings. The first-order valence-corrected chi connectivity index (χ1v) is 10.8. The molecule has 3 rings (SSSR count). The van der Waals surface area contributed by atoms with Crippen molar-refractivity contribution in [1.29, 1.82) is 0 Å². The summed E-state index contributed by atoms with van der Waals surface area (Å²) in [5, 5.41) is 6.77. The van der Waals surface area contributed by atoms with Gasteiger partial charge in [0.25, 0.3) is 11.8 Å². The molecule has 0 saturated heterocycles. The first-order valence-electron chi connectivity index (χ1n) is 10.8. The van der Waals surface area contributed by atoms with E-state index in [-0.39, 0.29) is 12.5 Å². The first-order chi connectivity index (χ1) is 17.0. The zero-order chi connectivity index (χ0) is 25.0. The second kappa shape index (κ2) is 12.6. The van der Waals surface area contributed by atoms with E-state index in [1.54, 1.807) is 48.5 Å². The highest BCUT2D eigenvalue weighted by Gasteiger charge is 2.11. The summed E-state index contributed by atoms with van der Waals surface area (Å²) >= 11 is 0. The van der Waals surface area contributed by atoms with Crippen LogP contribution in [0.5, 0.6) is 23.0 Å². The van der Waals surface area contributed by atoms with Gasteiger partial charge in [0.2, 0.25) is 0 Å². The lowest BCUT2D eigenvalue weighted by atomic mass is 10.2. The van der Waals surface area contributed by atoms with Crippen molar-refractivity contribution in [1.82, 2.24) is 5.43 Å².